The summed E-state index contributed by atoms with van der Waals surface area (Å²) in [5.74, 6) is -0.930. The Kier molecular flexibility index (Phi) is 7.11. The van der Waals surface area contributed by atoms with Crippen LogP contribution in [0, 0.1) is 5.82 Å². The Hall–Kier alpha value is -1.42. The lowest BCUT2D eigenvalue weighted by Crippen LogP contribution is -2.28. The zero-order chi connectivity index (χ0) is 14.1. The summed E-state index contributed by atoms with van der Waals surface area (Å²) in [6, 6.07) is 6.91. The van der Waals surface area contributed by atoms with Crippen molar-refractivity contribution in [1.29, 1.82) is 0 Å². The second kappa shape index (κ2) is 8.64. The van der Waals surface area contributed by atoms with Crippen LogP contribution in [-0.4, -0.2) is 23.7 Å². The van der Waals surface area contributed by atoms with Crippen LogP contribution < -0.4 is 5.32 Å². The van der Waals surface area contributed by atoms with Crippen LogP contribution in [0.25, 0.3) is 0 Å². The standard InChI is InChI=1S/C15H22FNO2/c1-12(11-13-6-8-14(16)9-7-13)17-10-4-2-3-5-15(18)19/h6-9,12,17H,2-5,10-11H2,1H3,(H,18,19). The van der Waals surface area contributed by atoms with E-state index in [4.69, 9.17) is 5.11 Å². The van der Waals surface area contributed by atoms with Gasteiger partial charge in [-0.05, 0) is 50.4 Å². The van der Waals surface area contributed by atoms with E-state index in [9.17, 15) is 9.18 Å². The van der Waals surface area contributed by atoms with E-state index >= 15 is 0 Å². The molecule has 0 aliphatic carbocycles. The summed E-state index contributed by atoms with van der Waals surface area (Å²) in [6.07, 6.45) is 3.79. The van der Waals surface area contributed by atoms with Crippen molar-refractivity contribution < 1.29 is 14.3 Å². The lowest BCUT2D eigenvalue weighted by Gasteiger charge is -2.13. The molecule has 3 nitrogen and oxygen atoms in total. The van der Waals surface area contributed by atoms with Gasteiger partial charge in [-0.3, -0.25) is 4.79 Å². The first kappa shape index (κ1) is 15.6. The molecule has 19 heavy (non-hydrogen) atoms. The maximum atomic E-state index is 12.7. The highest BCUT2D eigenvalue weighted by Crippen LogP contribution is 2.06. The second-order valence-electron chi connectivity index (χ2n) is 4.89. The minimum atomic E-state index is -0.724. The number of unbranched alkanes of at least 4 members (excludes halogenated alkanes) is 2. The number of nitrogens with one attached hydrogen (secondary N) is 1. The quantitative estimate of drug-likeness (QED) is 0.676. The van der Waals surface area contributed by atoms with Crippen molar-refractivity contribution in [3.05, 3.63) is 35.6 Å². The Morgan fingerprint density at radius 3 is 2.58 bits per heavy atom. The predicted octanol–water partition coefficient (Wildman–Crippen LogP) is 2.99. The molecule has 0 bridgehead atoms. The Morgan fingerprint density at radius 1 is 1.26 bits per heavy atom. The van der Waals surface area contributed by atoms with E-state index < -0.39 is 5.97 Å². The van der Waals surface area contributed by atoms with Gasteiger partial charge in [0.15, 0.2) is 0 Å². The summed E-state index contributed by atoms with van der Waals surface area (Å²) in [4.78, 5) is 10.3. The smallest absolute Gasteiger partial charge is 0.303 e. The average molecular weight is 267 g/mol. The van der Waals surface area contributed by atoms with Crippen molar-refractivity contribution in [3.8, 4) is 0 Å². The molecular weight excluding hydrogens is 245 g/mol. The Bertz CT molecular complexity index is 378. The molecule has 0 radical (unpaired) electrons. The van der Waals surface area contributed by atoms with Gasteiger partial charge >= 0.3 is 5.97 Å². The molecule has 0 aliphatic heterocycles. The number of rotatable bonds is 9. The van der Waals surface area contributed by atoms with Gasteiger partial charge in [0.05, 0.1) is 0 Å². The van der Waals surface area contributed by atoms with E-state index in [0.717, 1.165) is 37.8 Å². The summed E-state index contributed by atoms with van der Waals surface area (Å²) in [5, 5.41) is 11.9. The molecule has 4 heteroatoms. The fourth-order valence-corrected chi connectivity index (χ4v) is 1.97. The fraction of sp³-hybridized carbons (Fsp3) is 0.533. The number of carboxylic acids is 1. The lowest BCUT2D eigenvalue weighted by molar-refractivity contribution is -0.137. The summed E-state index contributed by atoms with van der Waals surface area (Å²) in [7, 11) is 0. The van der Waals surface area contributed by atoms with Gasteiger partial charge < -0.3 is 10.4 Å². The molecule has 0 fully saturated rings. The number of hydrogen-bond donors (Lipinski definition) is 2. The van der Waals surface area contributed by atoms with Crippen molar-refractivity contribution in [2.45, 2.75) is 45.1 Å². The van der Waals surface area contributed by atoms with E-state index in [1.54, 1.807) is 12.1 Å². The molecule has 0 saturated heterocycles. The zero-order valence-electron chi connectivity index (χ0n) is 11.4. The van der Waals surface area contributed by atoms with E-state index in [-0.39, 0.29) is 12.2 Å². The molecule has 0 amide bonds. The van der Waals surface area contributed by atoms with Crippen LogP contribution in [0.4, 0.5) is 4.39 Å². The zero-order valence-corrected chi connectivity index (χ0v) is 11.4. The predicted molar refractivity (Wildman–Crippen MR) is 73.7 cm³/mol. The number of benzene rings is 1. The molecule has 106 valence electrons. The van der Waals surface area contributed by atoms with Gasteiger partial charge in [0.2, 0.25) is 0 Å². The van der Waals surface area contributed by atoms with Crippen molar-refractivity contribution in [2.75, 3.05) is 6.54 Å². The highest BCUT2D eigenvalue weighted by molar-refractivity contribution is 5.66. The van der Waals surface area contributed by atoms with Crippen molar-refractivity contribution >= 4 is 5.97 Å². The number of carbonyl (C=O) groups is 1. The van der Waals surface area contributed by atoms with Gasteiger partial charge in [0.1, 0.15) is 5.82 Å². The van der Waals surface area contributed by atoms with Gasteiger partial charge in [0, 0.05) is 12.5 Å². The van der Waals surface area contributed by atoms with Gasteiger partial charge in [-0.1, -0.05) is 18.6 Å². The molecule has 0 aromatic heterocycles. The molecule has 0 heterocycles. The van der Waals surface area contributed by atoms with Crippen molar-refractivity contribution in [2.24, 2.45) is 0 Å². The first-order chi connectivity index (χ1) is 9.08. The second-order valence-corrected chi connectivity index (χ2v) is 4.89. The van der Waals surface area contributed by atoms with Crippen LogP contribution in [-0.2, 0) is 11.2 Å². The molecule has 0 aliphatic rings. The molecule has 1 rings (SSSR count). The SMILES string of the molecule is CC(Cc1ccc(F)cc1)NCCCCCC(=O)O. The minimum Gasteiger partial charge on any atom is -0.481 e. The van der Waals surface area contributed by atoms with Crippen LogP contribution in [0.5, 0.6) is 0 Å². The van der Waals surface area contributed by atoms with Crippen molar-refractivity contribution in [3.63, 3.8) is 0 Å². The fourth-order valence-electron chi connectivity index (χ4n) is 1.97. The third-order valence-corrected chi connectivity index (χ3v) is 3.02. The van der Waals surface area contributed by atoms with E-state index in [1.807, 2.05) is 0 Å². The van der Waals surface area contributed by atoms with Crippen LogP contribution in [0.1, 0.15) is 38.2 Å². The molecule has 1 atom stereocenters. The third kappa shape index (κ3) is 7.57. The summed E-state index contributed by atoms with van der Waals surface area (Å²) in [5.41, 5.74) is 1.12. The normalized spacial score (nSPS) is 12.3. The maximum Gasteiger partial charge on any atom is 0.303 e. The first-order valence-electron chi connectivity index (χ1n) is 6.77. The topological polar surface area (TPSA) is 49.3 Å². The van der Waals surface area contributed by atoms with Crippen LogP contribution in [0.2, 0.25) is 0 Å². The first-order valence-corrected chi connectivity index (χ1v) is 6.77. The molecular formula is C15H22FNO2. The Balaban J connectivity index is 2.09. The highest BCUT2D eigenvalue weighted by Gasteiger charge is 2.03. The maximum absolute atomic E-state index is 12.7. The van der Waals surface area contributed by atoms with E-state index in [1.165, 1.54) is 12.1 Å². The van der Waals surface area contributed by atoms with Gasteiger partial charge in [0.25, 0.3) is 0 Å². The van der Waals surface area contributed by atoms with E-state index in [0.29, 0.717) is 6.04 Å². The average Bonchev–Trinajstić information content (AvgIpc) is 2.36. The Morgan fingerprint density at radius 2 is 1.95 bits per heavy atom. The monoisotopic (exact) mass is 267 g/mol. The van der Waals surface area contributed by atoms with Gasteiger partial charge in [-0.15, -0.1) is 0 Å². The molecule has 0 spiro atoms. The highest BCUT2D eigenvalue weighted by atomic mass is 19.1. The van der Waals surface area contributed by atoms with Crippen molar-refractivity contribution in [1.82, 2.24) is 5.32 Å². The number of carboxylic acid groups (broad SMARTS) is 1. The Labute approximate surface area is 113 Å². The van der Waals surface area contributed by atoms with Crippen LogP contribution >= 0.6 is 0 Å². The summed E-state index contributed by atoms with van der Waals surface area (Å²) in [6.45, 7) is 2.99. The number of halogens is 1. The molecule has 1 aromatic rings. The molecule has 1 unspecified atom stereocenters. The summed E-state index contributed by atoms with van der Waals surface area (Å²) < 4.78 is 12.7. The van der Waals surface area contributed by atoms with Crippen LogP contribution in [0.3, 0.4) is 0 Å². The van der Waals surface area contributed by atoms with Crippen LogP contribution in [0.15, 0.2) is 24.3 Å². The molecule has 1 aromatic carbocycles. The molecule has 0 saturated carbocycles. The molecule has 2 N–H and O–H groups in total. The third-order valence-electron chi connectivity index (χ3n) is 3.02. The van der Waals surface area contributed by atoms with Gasteiger partial charge in [-0.2, -0.15) is 0 Å². The summed E-state index contributed by atoms with van der Waals surface area (Å²) >= 11 is 0. The van der Waals surface area contributed by atoms with Gasteiger partial charge in [-0.25, -0.2) is 4.39 Å². The number of hydrogen-bond acceptors (Lipinski definition) is 2. The minimum absolute atomic E-state index is 0.206. The largest absolute Gasteiger partial charge is 0.481 e. The van der Waals surface area contributed by atoms with E-state index in [2.05, 4.69) is 12.2 Å². The lowest BCUT2D eigenvalue weighted by atomic mass is 10.1. The number of aliphatic carboxylic acids is 1.